The number of halogens is 2. The Bertz CT molecular complexity index is 322. The summed E-state index contributed by atoms with van der Waals surface area (Å²) in [4.78, 5) is 11.9. The van der Waals surface area contributed by atoms with Gasteiger partial charge < -0.3 is 4.74 Å². The molecule has 2 rings (SSSR count). The van der Waals surface area contributed by atoms with E-state index in [0.717, 1.165) is 12.8 Å². The summed E-state index contributed by atoms with van der Waals surface area (Å²) in [5, 5.41) is 0. The third kappa shape index (κ3) is 3.92. The van der Waals surface area contributed by atoms with E-state index in [1.807, 2.05) is 0 Å². The van der Waals surface area contributed by atoms with Gasteiger partial charge in [-0.15, -0.1) is 0 Å². The van der Waals surface area contributed by atoms with Crippen LogP contribution in [-0.2, 0) is 9.53 Å². The molecule has 0 N–H and O–H groups in total. The largest absolute Gasteiger partial charge is 0.469 e. The Morgan fingerprint density at radius 3 is 2.25 bits per heavy atom. The smallest absolute Gasteiger partial charge is 0.309 e. The Morgan fingerprint density at radius 2 is 1.65 bits per heavy atom. The molecule has 4 heteroatoms. The van der Waals surface area contributed by atoms with E-state index in [-0.39, 0.29) is 18.8 Å². The van der Waals surface area contributed by atoms with E-state index in [1.54, 1.807) is 0 Å². The summed E-state index contributed by atoms with van der Waals surface area (Å²) in [6, 6.07) is 0. The number of carbonyl (C=O) groups excluding carboxylic acids is 1. The topological polar surface area (TPSA) is 26.3 Å². The van der Waals surface area contributed by atoms with Crippen molar-refractivity contribution in [2.75, 3.05) is 7.11 Å². The minimum Gasteiger partial charge on any atom is -0.469 e. The zero-order valence-corrected chi connectivity index (χ0v) is 12.4. The third-order valence-corrected chi connectivity index (χ3v) is 5.14. The first kappa shape index (κ1) is 15.7. The second kappa shape index (κ2) is 6.86. The summed E-state index contributed by atoms with van der Waals surface area (Å²) < 4.78 is 32.0. The van der Waals surface area contributed by atoms with Gasteiger partial charge in [0.1, 0.15) is 0 Å². The fraction of sp³-hybridized carbons (Fsp3) is 0.938. The van der Waals surface area contributed by atoms with E-state index in [1.165, 1.54) is 39.2 Å². The maximum Gasteiger partial charge on any atom is 0.309 e. The van der Waals surface area contributed by atoms with Crippen LogP contribution in [0.15, 0.2) is 0 Å². The minimum absolute atomic E-state index is 0.0678. The van der Waals surface area contributed by atoms with Crippen molar-refractivity contribution in [3.8, 4) is 0 Å². The highest BCUT2D eigenvalue weighted by Gasteiger charge is 2.47. The normalized spacial score (nSPS) is 32.1. The van der Waals surface area contributed by atoms with E-state index in [0.29, 0.717) is 12.3 Å². The summed E-state index contributed by atoms with van der Waals surface area (Å²) in [6.07, 6.45) is 8.37. The molecule has 0 aromatic rings. The van der Waals surface area contributed by atoms with E-state index in [9.17, 15) is 13.6 Å². The third-order valence-electron chi connectivity index (χ3n) is 5.14. The molecule has 2 saturated carbocycles. The number of hydrogen-bond donors (Lipinski definition) is 0. The summed E-state index contributed by atoms with van der Waals surface area (Å²) >= 11 is 0. The molecule has 2 unspecified atom stereocenters. The minimum atomic E-state index is -2.70. The van der Waals surface area contributed by atoms with Crippen molar-refractivity contribution in [1.82, 2.24) is 0 Å². The Kier molecular flexibility index (Phi) is 5.39. The number of rotatable bonds is 2. The standard InChI is InChI=1S/C16H26F2O2/c1-20-15(19)14-11-16(17,18)10-9-13(14)12-7-5-3-2-4-6-8-12/h12-14H,2-11H2,1H3. The molecule has 0 saturated heterocycles. The second-order valence-electron chi connectivity index (χ2n) is 6.50. The van der Waals surface area contributed by atoms with Gasteiger partial charge in [-0.3, -0.25) is 4.79 Å². The van der Waals surface area contributed by atoms with Crippen molar-refractivity contribution in [3.05, 3.63) is 0 Å². The average molecular weight is 288 g/mol. The van der Waals surface area contributed by atoms with Crippen LogP contribution in [0.2, 0.25) is 0 Å². The first-order valence-electron chi connectivity index (χ1n) is 7.99. The Hall–Kier alpha value is -0.670. The van der Waals surface area contributed by atoms with Crippen LogP contribution in [0.5, 0.6) is 0 Å². The zero-order chi connectivity index (χ0) is 14.6. The van der Waals surface area contributed by atoms with Crippen LogP contribution in [0.4, 0.5) is 8.78 Å². The van der Waals surface area contributed by atoms with Crippen molar-refractivity contribution >= 4 is 5.97 Å². The lowest BCUT2D eigenvalue weighted by molar-refractivity contribution is -0.159. The summed E-state index contributed by atoms with van der Waals surface area (Å²) in [5.41, 5.74) is 0. The van der Waals surface area contributed by atoms with Crippen LogP contribution >= 0.6 is 0 Å². The number of alkyl halides is 2. The first-order chi connectivity index (χ1) is 9.53. The van der Waals surface area contributed by atoms with Gasteiger partial charge in [0.25, 0.3) is 0 Å². The van der Waals surface area contributed by atoms with Gasteiger partial charge in [0.2, 0.25) is 5.92 Å². The van der Waals surface area contributed by atoms with Gasteiger partial charge in [-0.2, -0.15) is 0 Å². The van der Waals surface area contributed by atoms with E-state index in [2.05, 4.69) is 0 Å². The van der Waals surface area contributed by atoms with Crippen LogP contribution in [0.1, 0.15) is 64.2 Å². The van der Waals surface area contributed by atoms with Crippen molar-refractivity contribution in [2.24, 2.45) is 17.8 Å². The van der Waals surface area contributed by atoms with Gasteiger partial charge in [0.05, 0.1) is 13.0 Å². The summed E-state index contributed by atoms with van der Waals surface area (Å²) in [5.74, 6) is -3.21. The predicted octanol–water partition coefficient (Wildman–Crippen LogP) is 4.57. The molecule has 116 valence electrons. The van der Waals surface area contributed by atoms with Crippen molar-refractivity contribution < 1.29 is 18.3 Å². The number of carbonyl (C=O) groups is 1. The molecule has 2 nitrogen and oxygen atoms in total. The predicted molar refractivity (Wildman–Crippen MR) is 73.6 cm³/mol. The molecular formula is C16H26F2O2. The number of methoxy groups -OCH3 is 1. The lowest BCUT2D eigenvalue weighted by Gasteiger charge is -2.39. The van der Waals surface area contributed by atoms with E-state index < -0.39 is 17.8 Å². The maximum absolute atomic E-state index is 13.6. The Labute approximate surface area is 120 Å². The lowest BCUT2D eigenvalue weighted by atomic mass is 9.68. The van der Waals surface area contributed by atoms with Gasteiger partial charge in [0, 0.05) is 12.8 Å². The Balaban J connectivity index is 2.07. The SMILES string of the molecule is COC(=O)C1CC(F)(F)CCC1C1CCCCCCC1. The van der Waals surface area contributed by atoms with Crippen molar-refractivity contribution in [2.45, 2.75) is 70.1 Å². The average Bonchev–Trinajstić information content (AvgIpc) is 2.37. The molecule has 0 aromatic heterocycles. The maximum atomic E-state index is 13.6. The highest BCUT2D eigenvalue weighted by molar-refractivity contribution is 5.73. The fourth-order valence-electron chi connectivity index (χ4n) is 4.04. The van der Waals surface area contributed by atoms with Gasteiger partial charge in [0.15, 0.2) is 0 Å². The molecule has 0 bridgehead atoms. The van der Waals surface area contributed by atoms with Gasteiger partial charge in [-0.05, 0) is 18.3 Å². The highest BCUT2D eigenvalue weighted by atomic mass is 19.3. The number of hydrogen-bond acceptors (Lipinski definition) is 2. The molecule has 0 heterocycles. The van der Waals surface area contributed by atoms with Crippen LogP contribution in [0.25, 0.3) is 0 Å². The molecule has 2 fully saturated rings. The molecule has 0 amide bonds. The molecule has 0 aromatic carbocycles. The van der Waals surface area contributed by atoms with Gasteiger partial charge in [-0.1, -0.05) is 44.9 Å². The molecule has 0 aliphatic heterocycles. The first-order valence-corrected chi connectivity index (χ1v) is 7.99. The number of esters is 1. The van der Waals surface area contributed by atoms with Gasteiger partial charge in [-0.25, -0.2) is 8.78 Å². The van der Waals surface area contributed by atoms with E-state index in [4.69, 9.17) is 4.74 Å². The molecule has 0 radical (unpaired) electrons. The Morgan fingerprint density at radius 1 is 1.05 bits per heavy atom. The van der Waals surface area contributed by atoms with Crippen LogP contribution in [0, 0.1) is 17.8 Å². The molecule has 2 atom stereocenters. The fourth-order valence-corrected chi connectivity index (χ4v) is 4.04. The number of ether oxygens (including phenoxy) is 1. The van der Waals surface area contributed by atoms with Crippen LogP contribution < -0.4 is 0 Å². The highest BCUT2D eigenvalue weighted by Crippen LogP contribution is 2.46. The zero-order valence-electron chi connectivity index (χ0n) is 12.4. The van der Waals surface area contributed by atoms with Crippen molar-refractivity contribution in [1.29, 1.82) is 0 Å². The summed E-state index contributed by atoms with van der Waals surface area (Å²) in [6.45, 7) is 0. The van der Waals surface area contributed by atoms with Gasteiger partial charge >= 0.3 is 5.97 Å². The molecular weight excluding hydrogens is 262 g/mol. The molecule has 2 aliphatic rings. The molecule has 20 heavy (non-hydrogen) atoms. The lowest BCUT2D eigenvalue weighted by Crippen LogP contribution is -2.40. The second-order valence-corrected chi connectivity index (χ2v) is 6.50. The van der Waals surface area contributed by atoms with E-state index >= 15 is 0 Å². The molecule has 0 spiro atoms. The quantitative estimate of drug-likeness (QED) is 0.696. The van der Waals surface area contributed by atoms with Crippen LogP contribution in [-0.4, -0.2) is 19.0 Å². The molecule has 2 aliphatic carbocycles. The monoisotopic (exact) mass is 288 g/mol. The van der Waals surface area contributed by atoms with Crippen molar-refractivity contribution in [3.63, 3.8) is 0 Å². The summed E-state index contributed by atoms with van der Waals surface area (Å²) in [7, 11) is 1.31. The van der Waals surface area contributed by atoms with Crippen LogP contribution in [0.3, 0.4) is 0 Å².